The standard InChI is InChI=1S/C20H18N4O2/c1-20(2,3)14-7-4-12(5-8-14)17-18-21-11-22-24(18)16-9-6-13(19(25)26)10-15(16)23-17/h4-11H,1-3H3,(H,25,26). The van der Waals surface area contributed by atoms with Crippen LogP contribution in [0.2, 0.25) is 0 Å². The van der Waals surface area contributed by atoms with Gasteiger partial charge in [0.2, 0.25) is 0 Å². The molecule has 0 saturated heterocycles. The lowest BCUT2D eigenvalue weighted by molar-refractivity contribution is 0.0697. The topological polar surface area (TPSA) is 80.4 Å². The van der Waals surface area contributed by atoms with Crippen molar-refractivity contribution in [2.45, 2.75) is 26.2 Å². The van der Waals surface area contributed by atoms with Crippen LogP contribution >= 0.6 is 0 Å². The molecule has 2 aromatic carbocycles. The number of aromatic carboxylic acids is 1. The first-order valence-electron chi connectivity index (χ1n) is 8.32. The maximum absolute atomic E-state index is 11.3. The van der Waals surface area contributed by atoms with Gasteiger partial charge in [0, 0.05) is 5.56 Å². The van der Waals surface area contributed by atoms with Crippen LogP contribution in [0, 0.1) is 0 Å². The van der Waals surface area contributed by atoms with Gasteiger partial charge in [-0.2, -0.15) is 5.10 Å². The van der Waals surface area contributed by atoms with Crippen LogP contribution in [0.25, 0.3) is 27.9 Å². The van der Waals surface area contributed by atoms with Crippen molar-refractivity contribution in [3.05, 3.63) is 59.9 Å². The first kappa shape index (κ1) is 16.2. The van der Waals surface area contributed by atoms with E-state index in [2.05, 4.69) is 43.0 Å². The van der Waals surface area contributed by atoms with Gasteiger partial charge >= 0.3 is 5.97 Å². The lowest BCUT2D eigenvalue weighted by Crippen LogP contribution is -2.10. The number of benzene rings is 2. The van der Waals surface area contributed by atoms with Crippen molar-refractivity contribution >= 4 is 22.6 Å². The van der Waals surface area contributed by atoms with E-state index in [0.717, 1.165) is 11.1 Å². The summed E-state index contributed by atoms with van der Waals surface area (Å²) in [5.41, 5.74) is 5.01. The first-order chi connectivity index (χ1) is 12.3. The average Bonchev–Trinajstić information content (AvgIpc) is 3.09. The van der Waals surface area contributed by atoms with E-state index in [1.54, 1.807) is 22.7 Å². The summed E-state index contributed by atoms with van der Waals surface area (Å²) in [6, 6.07) is 13.0. The molecule has 6 nitrogen and oxygen atoms in total. The van der Waals surface area contributed by atoms with E-state index in [0.29, 0.717) is 16.9 Å². The Bertz CT molecular complexity index is 1140. The zero-order chi connectivity index (χ0) is 18.5. The molecule has 2 aromatic heterocycles. The van der Waals surface area contributed by atoms with Crippen molar-refractivity contribution in [1.29, 1.82) is 0 Å². The summed E-state index contributed by atoms with van der Waals surface area (Å²) < 4.78 is 1.70. The number of carbonyl (C=O) groups is 1. The summed E-state index contributed by atoms with van der Waals surface area (Å²) in [6.45, 7) is 6.50. The summed E-state index contributed by atoms with van der Waals surface area (Å²) in [7, 11) is 0. The van der Waals surface area contributed by atoms with Gasteiger partial charge < -0.3 is 5.11 Å². The minimum atomic E-state index is -0.983. The fourth-order valence-electron chi connectivity index (χ4n) is 3.00. The first-order valence-corrected chi connectivity index (χ1v) is 8.32. The Kier molecular flexibility index (Phi) is 3.50. The Hall–Kier alpha value is -3.28. The van der Waals surface area contributed by atoms with Gasteiger partial charge in [-0.1, -0.05) is 45.0 Å². The molecule has 0 saturated carbocycles. The smallest absolute Gasteiger partial charge is 0.335 e. The second kappa shape index (κ2) is 5.62. The SMILES string of the molecule is CC(C)(C)c1ccc(-c2nc3cc(C(=O)O)ccc3n3ncnc23)cc1. The number of nitrogens with zero attached hydrogens (tertiary/aromatic N) is 4. The zero-order valence-corrected chi connectivity index (χ0v) is 14.8. The van der Waals surface area contributed by atoms with Gasteiger partial charge in [-0.15, -0.1) is 0 Å². The summed E-state index contributed by atoms with van der Waals surface area (Å²) >= 11 is 0. The largest absolute Gasteiger partial charge is 0.478 e. The lowest BCUT2D eigenvalue weighted by Gasteiger charge is -2.19. The fourth-order valence-corrected chi connectivity index (χ4v) is 3.00. The van der Waals surface area contributed by atoms with Gasteiger partial charge in [0.15, 0.2) is 5.65 Å². The van der Waals surface area contributed by atoms with Crippen molar-refractivity contribution < 1.29 is 9.90 Å². The van der Waals surface area contributed by atoms with E-state index in [9.17, 15) is 9.90 Å². The van der Waals surface area contributed by atoms with Crippen molar-refractivity contribution in [3.63, 3.8) is 0 Å². The minimum Gasteiger partial charge on any atom is -0.478 e. The van der Waals surface area contributed by atoms with Crippen molar-refractivity contribution in [3.8, 4) is 11.3 Å². The molecule has 6 heteroatoms. The number of aromatic nitrogens is 4. The van der Waals surface area contributed by atoms with E-state index in [1.807, 2.05) is 12.1 Å². The van der Waals surface area contributed by atoms with Crippen LogP contribution in [0.1, 0.15) is 36.7 Å². The molecule has 2 heterocycles. The number of hydrogen-bond acceptors (Lipinski definition) is 4. The lowest BCUT2D eigenvalue weighted by atomic mass is 9.86. The molecule has 130 valence electrons. The Balaban J connectivity index is 1.95. The number of fused-ring (bicyclic) bond motifs is 3. The maximum atomic E-state index is 11.3. The van der Waals surface area contributed by atoms with Crippen molar-refractivity contribution in [2.24, 2.45) is 0 Å². The number of hydrogen-bond donors (Lipinski definition) is 1. The molecule has 0 aliphatic rings. The quantitative estimate of drug-likeness (QED) is 0.594. The molecule has 0 unspecified atom stereocenters. The van der Waals surface area contributed by atoms with Crippen LogP contribution in [0.3, 0.4) is 0 Å². The highest BCUT2D eigenvalue weighted by Crippen LogP contribution is 2.28. The van der Waals surface area contributed by atoms with Crippen LogP contribution in [0.4, 0.5) is 0 Å². The maximum Gasteiger partial charge on any atom is 0.335 e. The summed E-state index contributed by atoms with van der Waals surface area (Å²) in [6.07, 6.45) is 1.48. The third-order valence-electron chi connectivity index (χ3n) is 4.47. The Labute approximate surface area is 150 Å². The summed E-state index contributed by atoms with van der Waals surface area (Å²) in [5.74, 6) is -0.983. The van der Waals surface area contributed by atoms with Crippen LogP contribution < -0.4 is 0 Å². The van der Waals surface area contributed by atoms with Gasteiger partial charge in [-0.3, -0.25) is 0 Å². The van der Waals surface area contributed by atoms with Gasteiger partial charge in [-0.25, -0.2) is 19.3 Å². The van der Waals surface area contributed by atoms with Crippen LogP contribution in [0.5, 0.6) is 0 Å². The highest BCUT2D eigenvalue weighted by atomic mass is 16.4. The van der Waals surface area contributed by atoms with E-state index in [4.69, 9.17) is 4.98 Å². The summed E-state index contributed by atoms with van der Waals surface area (Å²) in [4.78, 5) is 20.3. The van der Waals surface area contributed by atoms with Crippen LogP contribution in [0.15, 0.2) is 48.8 Å². The molecule has 0 aliphatic carbocycles. The Morgan fingerprint density at radius 2 is 1.81 bits per heavy atom. The molecule has 0 radical (unpaired) electrons. The predicted octanol–water partition coefficient (Wildman–Crippen LogP) is 3.94. The third-order valence-corrected chi connectivity index (χ3v) is 4.47. The molecule has 0 spiro atoms. The van der Waals surface area contributed by atoms with Crippen molar-refractivity contribution in [2.75, 3.05) is 0 Å². The van der Waals surface area contributed by atoms with E-state index >= 15 is 0 Å². The Morgan fingerprint density at radius 3 is 2.46 bits per heavy atom. The number of carboxylic acids is 1. The van der Waals surface area contributed by atoms with Gasteiger partial charge in [0.1, 0.15) is 12.0 Å². The summed E-state index contributed by atoms with van der Waals surface area (Å²) in [5, 5.41) is 13.5. The van der Waals surface area contributed by atoms with E-state index in [-0.39, 0.29) is 11.0 Å². The van der Waals surface area contributed by atoms with E-state index in [1.165, 1.54) is 11.9 Å². The zero-order valence-electron chi connectivity index (χ0n) is 14.8. The molecule has 0 fully saturated rings. The molecule has 26 heavy (non-hydrogen) atoms. The normalized spacial score (nSPS) is 12.0. The highest BCUT2D eigenvalue weighted by Gasteiger charge is 2.16. The monoisotopic (exact) mass is 346 g/mol. The predicted molar refractivity (Wildman–Crippen MR) is 99.4 cm³/mol. The second-order valence-electron chi connectivity index (χ2n) is 7.29. The third kappa shape index (κ3) is 2.60. The number of carboxylic acid groups (broad SMARTS) is 1. The molecular formula is C20H18N4O2. The molecule has 4 rings (SSSR count). The van der Waals surface area contributed by atoms with Crippen molar-refractivity contribution in [1.82, 2.24) is 19.6 Å². The second-order valence-corrected chi connectivity index (χ2v) is 7.29. The average molecular weight is 346 g/mol. The van der Waals surface area contributed by atoms with Crippen LogP contribution in [-0.2, 0) is 5.41 Å². The number of rotatable bonds is 2. The Morgan fingerprint density at radius 1 is 1.08 bits per heavy atom. The molecule has 0 amide bonds. The van der Waals surface area contributed by atoms with Gasteiger partial charge in [0.25, 0.3) is 0 Å². The van der Waals surface area contributed by atoms with Gasteiger partial charge in [-0.05, 0) is 29.2 Å². The molecule has 0 bridgehead atoms. The fraction of sp³-hybridized carbons (Fsp3) is 0.200. The minimum absolute atomic E-state index is 0.0654. The highest BCUT2D eigenvalue weighted by molar-refractivity contribution is 5.94. The van der Waals surface area contributed by atoms with Crippen LogP contribution in [-0.4, -0.2) is 30.7 Å². The molecule has 0 aliphatic heterocycles. The van der Waals surface area contributed by atoms with E-state index < -0.39 is 5.97 Å². The van der Waals surface area contributed by atoms with Gasteiger partial charge in [0.05, 0.1) is 16.6 Å². The molecule has 4 aromatic rings. The molecular weight excluding hydrogens is 328 g/mol. The molecule has 1 N–H and O–H groups in total. The molecule has 0 atom stereocenters.